The van der Waals surface area contributed by atoms with Gasteiger partial charge in [-0.15, -0.1) is 27.8 Å². The molecule has 0 aromatic carbocycles. The Balaban J connectivity index is 1.69. The molecule has 3 aromatic rings. The number of nitrogens with zero attached hydrogens (tertiary/aromatic N) is 3. The van der Waals surface area contributed by atoms with E-state index in [1.54, 1.807) is 17.4 Å². The first-order chi connectivity index (χ1) is 10.6. The summed E-state index contributed by atoms with van der Waals surface area (Å²) in [5, 5.41) is 13.2. The average molecular weight is 332 g/mol. The van der Waals surface area contributed by atoms with Gasteiger partial charge in [0.05, 0.1) is 10.7 Å². The highest BCUT2D eigenvalue weighted by Gasteiger charge is 2.15. The van der Waals surface area contributed by atoms with Gasteiger partial charge < -0.3 is 4.42 Å². The highest BCUT2D eigenvalue weighted by molar-refractivity contribution is 7.15. The number of carbonyl (C=O) groups excluding carboxylic acids is 1. The second kappa shape index (κ2) is 6.20. The Kier molecular flexibility index (Phi) is 4.12. The summed E-state index contributed by atoms with van der Waals surface area (Å²) >= 11 is 3.03. The first kappa shape index (κ1) is 14.6. The summed E-state index contributed by atoms with van der Waals surface area (Å²) in [5.74, 6) is 0.0430. The van der Waals surface area contributed by atoms with Gasteiger partial charge in [0.1, 0.15) is 4.88 Å². The zero-order valence-corrected chi connectivity index (χ0v) is 13.5. The van der Waals surface area contributed by atoms with Crippen LogP contribution in [0.1, 0.15) is 15.6 Å². The number of aromatic nitrogens is 3. The van der Waals surface area contributed by atoms with Gasteiger partial charge in [-0.25, -0.2) is 4.98 Å². The molecule has 0 saturated heterocycles. The fourth-order valence-electron chi connectivity index (χ4n) is 1.79. The zero-order valence-electron chi connectivity index (χ0n) is 11.9. The Labute approximate surface area is 134 Å². The van der Waals surface area contributed by atoms with Crippen molar-refractivity contribution in [3.05, 3.63) is 39.2 Å². The van der Waals surface area contributed by atoms with Crippen molar-refractivity contribution in [3.63, 3.8) is 0 Å². The zero-order chi connectivity index (χ0) is 15.5. The fourth-order valence-corrected chi connectivity index (χ4v) is 3.25. The smallest absolute Gasteiger partial charge is 0.322 e. The molecule has 0 aliphatic rings. The molecule has 8 heteroatoms. The van der Waals surface area contributed by atoms with Crippen LogP contribution in [0.25, 0.3) is 16.8 Å². The van der Waals surface area contributed by atoms with Gasteiger partial charge in [0.25, 0.3) is 11.8 Å². The summed E-state index contributed by atoms with van der Waals surface area (Å²) in [6.45, 7) is 3.79. The lowest BCUT2D eigenvalue weighted by molar-refractivity contribution is -0.112. The Morgan fingerprint density at radius 3 is 2.91 bits per heavy atom. The van der Waals surface area contributed by atoms with Gasteiger partial charge in [-0.2, -0.15) is 0 Å². The average Bonchev–Trinajstić information content (AvgIpc) is 3.18. The van der Waals surface area contributed by atoms with Gasteiger partial charge in [-0.3, -0.25) is 10.1 Å². The minimum absolute atomic E-state index is 0.0706. The number of rotatable bonds is 4. The monoisotopic (exact) mass is 332 g/mol. The molecule has 1 N–H and O–H groups in total. The quantitative estimate of drug-likeness (QED) is 0.739. The number of hydrogen-bond donors (Lipinski definition) is 1. The highest BCUT2D eigenvalue weighted by Crippen LogP contribution is 2.29. The normalized spacial score (nSPS) is 11.2. The number of aryl methyl sites for hydroxylation is 2. The van der Waals surface area contributed by atoms with Crippen LogP contribution in [0.15, 0.2) is 28.0 Å². The van der Waals surface area contributed by atoms with Crippen LogP contribution < -0.4 is 5.32 Å². The van der Waals surface area contributed by atoms with Crippen LogP contribution >= 0.6 is 22.7 Å². The number of carbonyl (C=O) groups is 1. The largest absolute Gasteiger partial charge is 0.402 e. The molecular weight excluding hydrogens is 320 g/mol. The molecule has 112 valence electrons. The van der Waals surface area contributed by atoms with E-state index in [1.165, 1.54) is 17.4 Å². The van der Waals surface area contributed by atoms with E-state index < -0.39 is 0 Å². The van der Waals surface area contributed by atoms with Crippen LogP contribution in [-0.2, 0) is 4.79 Å². The molecule has 0 unspecified atom stereocenters. The molecule has 0 radical (unpaired) electrons. The van der Waals surface area contributed by atoms with Gasteiger partial charge in [-0.05, 0) is 31.4 Å². The summed E-state index contributed by atoms with van der Waals surface area (Å²) < 4.78 is 5.46. The first-order valence-electron chi connectivity index (χ1n) is 6.42. The topological polar surface area (TPSA) is 80.9 Å². The Hall–Kier alpha value is -2.32. The lowest BCUT2D eigenvalue weighted by Crippen LogP contribution is -2.07. The maximum absolute atomic E-state index is 11.8. The van der Waals surface area contributed by atoms with Gasteiger partial charge in [0.2, 0.25) is 0 Å². The van der Waals surface area contributed by atoms with E-state index >= 15 is 0 Å². The van der Waals surface area contributed by atoms with Crippen LogP contribution in [0.4, 0.5) is 6.01 Å². The van der Waals surface area contributed by atoms with Crippen LogP contribution in [-0.4, -0.2) is 21.1 Å². The van der Waals surface area contributed by atoms with E-state index in [2.05, 4.69) is 20.5 Å². The molecule has 0 atom stereocenters. The van der Waals surface area contributed by atoms with Crippen LogP contribution in [0.2, 0.25) is 0 Å². The number of hydrogen-bond acceptors (Lipinski definition) is 7. The second-order valence-electron chi connectivity index (χ2n) is 4.40. The van der Waals surface area contributed by atoms with E-state index in [4.69, 9.17) is 4.42 Å². The van der Waals surface area contributed by atoms with Gasteiger partial charge in [0.15, 0.2) is 0 Å². The second-order valence-corrected chi connectivity index (χ2v) is 6.58. The predicted octanol–water partition coefficient (Wildman–Crippen LogP) is 3.52. The molecule has 6 nitrogen and oxygen atoms in total. The van der Waals surface area contributed by atoms with Crippen molar-refractivity contribution in [3.8, 4) is 10.8 Å². The third-order valence-corrected chi connectivity index (χ3v) is 4.59. The van der Waals surface area contributed by atoms with E-state index in [0.717, 1.165) is 20.5 Å². The molecule has 3 rings (SSSR count). The lowest BCUT2D eigenvalue weighted by atomic mass is 10.4. The third kappa shape index (κ3) is 3.29. The number of thiophene rings is 1. The van der Waals surface area contributed by atoms with Crippen molar-refractivity contribution in [2.45, 2.75) is 13.8 Å². The van der Waals surface area contributed by atoms with E-state index in [-0.39, 0.29) is 11.9 Å². The standard InChI is InChI=1S/C14H12N4O2S2/c1-8-12(22-9(2)15-8)13-17-18-14(20-13)16-11(19)6-5-10-4-3-7-21-10/h3-7H,1-2H3,(H,16,18,19)/b6-5+. The summed E-state index contributed by atoms with van der Waals surface area (Å²) in [6, 6.07) is 3.92. The molecular formula is C14H12N4O2S2. The maximum atomic E-state index is 11.8. The van der Waals surface area contributed by atoms with Gasteiger partial charge in [-0.1, -0.05) is 11.2 Å². The summed E-state index contributed by atoms with van der Waals surface area (Å²) in [5.41, 5.74) is 0.835. The Morgan fingerprint density at radius 2 is 2.23 bits per heavy atom. The highest BCUT2D eigenvalue weighted by atomic mass is 32.1. The summed E-state index contributed by atoms with van der Waals surface area (Å²) in [7, 11) is 0. The Morgan fingerprint density at radius 1 is 1.36 bits per heavy atom. The van der Waals surface area contributed by atoms with Crippen molar-refractivity contribution < 1.29 is 9.21 Å². The molecule has 22 heavy (non-hydrogen) atoms. The van der Waals surface area contributed by atoms with Crippen LogP contribution in [0.5, 0.6) is 0 Å². The van der Waals surface area contributed by atoms with Crippen molar-refractivity contribution in [2.75, 3.05) is 5.32 Å². The fraction of sp³-hybridized carbons (Fsp3) is 0.143. The molecule has 1 amide bonds. The van der Waals surface area contributed by atoms with E-state index in [0.29, 0.717) is 5.89 Å². The van der Waals surface area contributed by atoms with Crippen LogP contribution in [0.3, 0.4) is 0 Å². The molecule has 3 heterocycles. The lowest BCUT2D eigenvalue weighted by Gasteiger charge is -1.93. The van der Waals surface area contributed by atoms with Gasteiger partial charge in [0, 0.05) is 11.0 Å². The van der Waals surface area contributed by atoms with Crippen molar-refractivity contribution in [2.24, 2.45) is 0 Å². The number of anilines is 1. The molecule has 0 aliphatic carbocycles. The molecule has 0 aliphatic heterocycles. The Bertz CT molecular complexity index is 818. The maximum Gasteiger partial charge on any atom is 0.322 e. The molecule has 3 aromatic heterocycles. The summed E-state index contributed by atoms with van der Waals surface area (Å²) in [4.78, 5) is 17.9. The molecule has 0 spiro atoms. The minimum atomic E-state index is -0.319. The number of thiazole rings is 1. The third-order valence-electron chi connectivity index (χ3n) is 2.70. The molecule has 0 bridgehead atoms. The number of nitrogens with one attached hydrogen (secondary N) is 1. The minimum Gasteiger partial charge on any atom is -0.402 e. The van der Waals surface area contributed by atoms with Gasteiger partial charge >= 0.3 is 6.01 Å². The van der Waals surface area contributed by atoms with E-state index in [1.807, 2.05) is 31.4 Å². The summed E-state index contributed by atoms with van der Waals surface area (Å²) in [6.07, 6.45) is 3.16. The predicted molar refractivity (Wildman–Crippen MR) is 86.9 cm³/mol. The van der Waals surface area contributed by atoms with Crippen molar-refractivity contribution >= 4 is 40.7 Å². The SMILES string of the molecule is Cc1nc(C)c(-c2nnc(NC(=O)/C=C/c3cccs3)o2)s1. The van der Waals surface area contributed by atoms with E-state index in [9.17, 15) is 4.79 Å². The van der Waals surface area contributed by atoms with Crippen molar-refractivity contribution in [1.82, 2.24) is 15.2 Å². The van der Waals surface area contributed by atoms with Crippen molar-refractivity contribution in [1.29, 1.82) is 0 Å². The number of amides is 1. The first-order valence-corrected chi connectivity index (χ1v) is 8.12. The molecule has 0 saturated carbocycles. The van der Waals surface area contributed by atoms with Crippen LogP contribution in [0, 0.1) is 13.8 Å². The molecule has 0 fully saturated rings.